The number of carbonyl (C=O) groups is 2. The largest absolute Gasteiger partial charge is 0.465 e. The highest BCUT2D eigenvalue weighted by Gasteiger charge is 2.12. The lowest BCUT2D eigenvalue weighted by molar-refractivity contribution is 0.0600. The van der Waals surface area contributed by atoms with Crippen molar-refractivity contribution in [3.8, 4) is 0 Å². The van der Waals surface area contributed by atoms with Crippen LogP contribution >= 0.6 is 15.9 Å². The van der Waals surface area contributed by atoms with Gasteiger partial charge < -0.3 is 14.5 Å². The number of esters is 1. The first-order valence-electron chi connectivity index (χ1n) is 5.34. The first-order valence-corrected chi connectivity index (χ1v) is 6.14. The molecule has 0 aliphatic rings. The van der Waals surface area contributed by atoms with Gasteiger partial charge in [0.25, 0.3) is 5.91 Å². The molecule has 0 bridgehead atoms. The maximum absolute atomic E-state index is 11.8. The number of anilines is 1. The van der Waals surface area contributed by atoms with Gasteiger partial charge in [-0.2, -0.15) is 0 Å². The van der Waals surface area contributed by atoms with Crippen molar-refractivity contribution < 1.29 is 18.7 Å². The van der Waals surface area contributed by atoms with Crippen molar-refractivity contribution in [2.24, 2.45) is 0 Å². The van der Waals surface area contributed by atoms with E-state index in [2.05, 4.69) is 26.0 Å². The highest BCUT2D eigenvalue weighted by molar-refractivity contribution is 9.10. The van der Waals surface area contributed by atoms with Crippen LogP contribution in [0.1, 0.15) is 20.9 Å². The number of carbonyl (C=O) groups excluding carboxylic acids is 2. The van der Waals surface area contributed by atoms with E-state index in [9.17, 15) is 9.59 Å². The average Bonchev–Trinajstić information content (AvgIpc) is 2.94. The van der Waals surface area contributed by atoms with Gasteiger partial charge in [-0.05, 0) is 46.3 Å². The minimum absolute atomic E-state index is 0.212. The van der Waals surface area contributed by atoms with E-state index in [1.165, 1.54) is 13.4 Å². The van der Waals surface area contributed by atoms with Gasteiger partial charge in [-0.3, -0.25) is 4.79 Å². The second-order valence-corrected chi connectivity index (χ2v) is 4.47. The topological polar surface area (TPSA) is 68.5 Å². The van der Waals surface area contributed by atoms with Crippen molar-refractivity contribution >= 4 is 33.5 Å². The van der Waals surface area contributed by atoms with Crippen molar-refractivity contribution in [3.05, 3.63) is 52.4 Å². The van der Waals surface area contributed by atoms with Crippen LogP contribution in [0.2, 0.25) is 0 Å². The summed E-state index contributed by atoms with van der Waals surface area (Å²) in [6.07, 6.45) is 1.42. The first kappa shape index (κ1) is 13.4. The van der Waals surface area contributed by atoms with E-state index >= 15 is 0 Å². The molecule has 1 heterocycles. The van der Waals surface area contributed by atoms with E-state index in [4.69, 9.17) is 4.42 Å². The molecule has 98 valence electrons. The molecule has 1 amide bonds. The molecular weight excluding hydrogens is 314 g/mol. The third-order valence-corrected chi connectivity index (χ3v) is 3.04. The monoisotopic (exact) mass is 323 g/mol. The number of furan rings is 1. The highest BCUT2D eigenvalue weighted by Crippen LogP contribution is 2.24. The maximum Gasteiger partial charge on any atom is 0.337 e. The fourth-order valence-electron chi connectivity index (χ4n) is 1.45. The lowest BCUT2D eigenvalue weighted by Gasteiger charge is -2.07. The zero-order valence-corrected chi connectivity index (χ0v) is 11.6. The minimum atomic E-state index is -0.440. The molecule has 2 rings (SSSR count). The van der Waals surface area contributed by atoms with Crippen molar-refractivity contribution in [1.29, 1.82) is 0 Å². The number of methoxy groups -OCH3 is 1. The standard InChI is InChI=1S/C13H10BrNO4/c1-18-13(17)8-4-5-10(9(14)7-8)15-12(16)11-3-2-6-19-11/h2-7H,1H3,(H,15,16). The van der Waals surface area contributed by atoms with Gasteiger partial charge in [0.1, 0.15) is 0 Å². The Hall–Kier alpha value is -2.08. The Morgan fingerprint density at radius 3 is 2.68 bits per heavy atom. The molecule has 0 saturated carbocycles. The van der Waals surface area contributed by atoms with E-state index in [1.807, 2.05) is 0 Å². The molecule has 2 aromatic rings. The van der Waals surface area contributed by atoms with Crippen LogP contribution in [0, 0.1) is 0 Å². The first-order chi connectivity index (χ1) is 9.11. The summed E-state index contributed by atoms with van der Waals surface area (Å²) in [5, 5.41) is 2.67. The third kappa shape index (κ3) is 3.03. The van der Waals surface area contributed by atoms with Crippen LogP contribution < -0.4 is 5.32 Å². The minimum Gasteiger partial charge on any atom is -0.465 e. The summed E-state index contributed by atoms with van der Waals surface area (Å²) in [6, 6.07) is 7.94. The third-order valence-electron chi connectivity index (χ3n) is 2.38. The van der Waals surface area contributed by atoms with Gasteiger partial charge in [-0.1, -0.05) is 0 Å². The van der Waals surface area contributed by atoms with Gasteiger partial charge in [0.05, 0.1) is 24.6 Å². The molecule has 1 aromatic carbocycles. The Balaban J connectivity index is 2.18. The van der Waals surface area contributed by atoms with Crippen molar-refractivity contribution in [3.63, 3.8) is 0 Å². The Morgan fingerprint density at radius 1 is 1.32 bits per heavy atom. The van der Waals surface area contributed by atoms with Crippen molar-refractivity contribution in [1.82, 2.24) is 0 Å². The van der Waals surface area contributed by atoms with Gasteiger partial charge in [0.2, 0.25) is 0 Å². The summed E-state index contributed by atoms with van der Waals surface area (Å²) in [5.41, 5.74) is 0.930. The van der Waals surface area contributed by atoms with Gasteiger partial charge in [-0.25, -0.2) is 4.79 Å². The molecule has 0 saturated heterocycles. The van der Waals surface area contributed by atoms with Crippen LogP contribution in [0.15, 0.2) is 45.5 Å². The molecule has 6 heteroatoms. The number of ether oxygens (including phenoxy) is 1. The molecule has 0 aliphatic heterocycles. The Kier molecular flexibility index (Phi) is 4.01. The number of hydrogen-bond donors (Lipinski definition) is 1. The highest BCUT2D eigenvalue weighted by atomic mass is 79.9. The summed E-state index contributed by atoms with van der Waals surface area (Å²) in [7, 11) is 1.31. The van der Waals surface area contributed by atoms with Crippen molar-refractivity contribution in [2.45, 2.75) is 0 Å². The Morgan fingerprint density at radius 2 is 2.11 bits per heavy atom. The molecular formula is C13H10BrNO4. The molecule has 19 heavy (non-hydrogen) atoms. The van der Waals surface area contributed by atoms with Gasteiger partial charge in [0, 0.05) is 4.47 Å². The molecule has 0 radical (unpaired) electrons. The summed E-state index contributed by atoms with van der Waals surface area (Å²) in [4.78, 5) is 23.1. The van der Waals surface area contributed by atoms with Crippen LogP contribution in [0.4, 0.5) is 5.69 Å². The van der Waals surface area contributed by atoms with E-state index in [-0.39, 0.29) is 11.7 Å². The van der Waals surface area contributed by atoms with Crippen LogP contribution in [0.3, 0.4) is 0 Å². The SMILES string of the molecule is COC(=O)c1ccc(NC(=O)c2ccco2)c(Br)c1. The number of halogens is 1. The van der Waals surface area contributed by atoms with E-state index in [0.717, 1.165) is 0 Å². The van der Waals surface area contributed by atoms with Gasteiger partial charge in [0.15, 0.2) is 5.76 Å². The molecule has 0 aliphatic carbocycles. The van der Waals surface area contributed by atoms with Crippen molar-refractivity contribution in [2.75, 3.05) is 12.4 Å². The molecule has 0 unspecified atom stereocenters. The average molecular weight is 324 g/mol. The number of rotatable bonds is 3. The number of benzene rings is 1. The van der Waals surface area contributed by atoms with Gasteiger partial charge >= 0.3 is 5.97 Å². The molecule has 5 nitrogen and oxygen atoms in total. The summed E-state index contributed by atoms with van der Waals surface area (Å²) >= 11 is 3.28. The lowest BCUT2D eigenvalue weighted by Crippen LogP contribution is -2.11. The molecule has 1 N–H and O–H groups in total. The fraction of sp³-hybridized carbons (Fsp3) is 0.0769. The van der Waals surface area contributed by atoms with Crippen LogP contribution in [0.25, 0.3) is 0 Å². The lowest BCUT2D eigenvalue weighted by atomic mass is 10.2. The molecule has 1 aromatic heterocycles. The fourth-order valence-corrected chi connectivity index (χ4v) is 1.93. The summed E-state index contributed by atoms with van der Waals surface area (Å²) in [5.74, 6) is -0.593. The van der Waals surface area contributed by atoms with E-state index in [0.29, 0.717) is 15.7 Å². The summed E-state index contributed by atoms with van der Waals surface area (Å²) < 4.78 is 10.2. The van der Waals surface area contributed by atoms with Crippen LogP contribution in [-0.2, 0) is 4.74 Å². The Labute approximate surface area is 117 Å². The normalized spacial score (nSPS) is 10.0. The zero-order chi connectivity index (χ0) is 13.8. The van der Waals surface area contributed by atoms with Gasteiger partial charge in [-0.15, -0.1) is 0 Å². The maximum atomic E-state index is 11.8. The quantitative estimate of drug-likeness (QED) is 0.881. The predicted octanol–water partition coefficient (Wildman–Crippen LogP) is 3.08. The van der Waals surface area contributed by atoms with E-state index < -0.39 is 5.97 Å². The second kappa shape index (κ2) is 5.71. The van der Waals surface area contributed by atoms with Crippen LogP contribution in [0.5, 0.6) is 0 Å². The number of hydrogen-bond acceptors (Lipinski definition) is 4. The predicted molar refractivity (Wildman–Crippen MR) is 72.1 cm³/mol. The summed E-state index contributed by atoms with van der Waals surface area (Å²) in [6.45, 7) is 0. The molecule has 0 spiro atoms. The zero-order valence-electron chi connectivity index (χ0n) is 9.98. The molecule has 0 atom stereocenters. The number of nitrogens with one attached hydrogen (secondary N) is 1. The second-order valence-electron chi connectivity index (χ2n) is 3.62. The number of amides is 1. The smallest absolute Gasteiger partial charge is 0.337 e. The molecule has 0 fully saturated rings. The van der Waals surface area contributed by atoms with E-state index in [1.54, 1.807) is 30.3 Å². The van der Waals surface area contributed by atoms with Crippen LogP contribution in [-0.4, -0.2) is 19.0 Å². The Bertz CT molecular complexity index is 607.